The van der Waals surface area contributed by atoms with E-state index in [2.05, 4.69) is 5.32 Å². The number of halogens is 1. The van der Waals surface area contributed by atoms with Crippen LogP contribution >= 0.6 is 11.8 Å². The maximum atomic E-state index is 13.4. The van der Waals surface area contributed by atoms with Crippen molar-refractivity contribution in [1.82, 2.24) is 0 Å². The third-order valence-corrected chi connectivity index (χ3v) is 4.10. The average Bonchev–Trinajstić information content (AvgIpc) is 2.45. The molecule has 4 heteroatoms. The Bertz CT molecular complexity index is 642. The molecule has 1 N–H and O–H groups in total. The lowest BCUT2D eigenvalue weighted by Gasteiger charge is -2.09. The summed E-state index contributed by atoms with van der Waals surface area (Å²) in [5, 5.41) is 2.90. The van der Waals surface area contributed by atoms with Crippen LogP contribution in [0.3, 0.4) is 0 Å². The van der Waals surface area contributed by atoms with Crippen LogP contribution in [0.25, 0.3) is 0 Å². The van der Waals surface area contributed by atoms with Crippen molar-refractivity contribution in [1.29, 1.82) is 0 Å². The van der Waals surface area contributed by atoms with E-state index in [1.165, 1.54) is 17.8 Å². The van der Waals surface area contributed by atoms with Crippen molar-refractivity contribution in [2.75, 3.05) is 11.1 Å². The number of rotatable bonds is 5. The first kappa shape index (κ1) is 15.6. The molecule has 21 heavy (non-hydrogen) atoms. The summed E-state index contributed by atoms with van der Waals surface area (Å²) in [4.78, 5) is 11.9. The highest BCUT2D eigenvalue weighted by atomic mass is 32.2. The predicted octanol–water partition coefficient (Wildman–Crippen LogP) is 4.31. The van der Waals surface area contributed by atoms with Crippen LogP contribution in [-0.2, 0) is 10.5 Å². The van der Waals surface area contributed by atoms with E-state index in [1.54, 1.807) is 18.2 Å². The van der Waals surface area contributed by atoms with Gasteiger partial charge in [0.1, 0.15) is 5.82 Å². The van der Waals surface area contributed by atoms with Crippen LogP contribution in [0.1, 0.15) is 16.7 Å². The molecule has 0 fully saturated rings. The van der Waals surface area contributed by atoms with E-state index in [0.717, 1.165) is 16.8 Å². The fraction of sp³-hybridized carbons (Fsp3) is 0.235. The minimum atomic E-state index is -0.222. The minimum absolute atomic E-state index is 0.0648. The van der Waals surface area contributed by atoms with E-state index in [1.807, 2.05) is 32.0 Å². The van der Waals surface area contributed by atoms with Crippen molar-refractivity contribution in [3.05, 3.63) is 65.0 Å². The number of thioether (sulfide) groups is 1. The fourth-order valence-corrected chi connectivity index (χ4v) is 2.74. The van der Waals surface area contributed by atoms with Gasteiger partial charge in [-0.2, -0.15) is 0 Å². The Morgan fingerprint density at radius 1 is 1.19 bits per heavy atom. The molecule has 0 saturated carbocycles. The van der Waals surface area contributed by atoms with Gasteiger partial charge in [0.2, 0.25) is 5.91 Å². The molecule has 2 nitrogen and oxygen atoms in total. The first-order valence-corrected chi connectivity index (χ1v) is 7.90. The smallest absolute Gasteiger partial charge is 0.234 e. The van der Waals surface area contributed by atoms with Crippen molar-refractivity contribution < 1.29 is 9.18 Å². The summed E-state index contributed by atoms with van der Waals surface area (Å²) in [5.74, 6) is 0.513. The normalized spacial score (nSPS) is 10.4. The summed E-state index contributed by atoms with van der Waals surface area (Å²) in [6.07, 6.45) is 0. The first-order valence-electron chi connectivity index (χ1n) is 6.74. The second kappa shape index (κ2) is 7.27. The molecule has 2 aromatic rings. The molecule has 0 aliphatic carbocycles. The van der Waals surface area contributed by atoms with E-state index in [9.17, 15) is 9.18 Å². The van der Waals surface area contributed by atoms with Gasteiger partial charge in [-0.3, -0.25) is 4.79 Å². The largest absolute Gasteiger partial charge is 0.325 e. The SMILES string of the molecule is Cc1ccc(C)c(NC(=O)CSCc2ccccc2F)c1. The highest BCUT2D eigenvalue weighted by molar-refractivity contribution is 7.99. The second-order valence-electron chi connectivity index (χ2n) is 4.95. The monoisotopic (exact) mass is 303 g/mol. The summed E-state index contributed by atoms with van der Waals surface area (Å²) >= 11 is 1.41. The molecule has 2 aromatic carbocycles. The molecule has 110 valence electrons. The Labute approximate surface area is 128 Å². The van der Waals surface area contributed by atoms with Crippen LogP contribution in [0, 0.1) is 19.7 Å². The lowest BCUT2D eigenvalue weighted by molar-refractivity contribution is -0.113. The summed E-state index contributed by atoms with van der Waals surface area (Å²) in [7, 11) is 0. The lowest BCUT2D eigenvalue weighted by Crippen LogP contribution is -2.15. The molecule has 0 unspecified atom stereocenters. The Kier molecular flexibility index (Phi) is 5.39. The Morgan fingerprint density at radius 2 is 1.95 bits per heavy atom. The molecule has 0 aromatic heterocycles. The van der Waals surface area contributed by atoms with E-state index in [4.69, 9.17) is 0 Å². The summed E-state index contributed by atoms with van der Waals surface area (Å²) in [6.45, 7) is 3.95. The van der Waals surface area contributed by atoms with Crippen molar-refractivity contribution >= 4 is 23.4 Å². The summed E-state index contributed by atoms with van der Waals surface area (Å²) in [6, 6.07) is 12.6. The van der Waals surface area contributed by atoms with E-state index in [-0.39, 0.29) is 11.7 Å². The van der Waals surface area contributed by atoms with Gasteiger partial charge in [0.15, 0.2) is 0 Å². The molecular weight excluding hydrogens is 285 g/mol. The van der Waals surface area contributed by atoms with Crippen LogP contribution < -0.4 is 5.32 Å². The van der Waals surface area contributed by atoms with E-state index < -0.39 is 0 Å². The van der Waals surface area contributed by atoms with Crippen molar-refractivity contribution in [2.24, 2.45) is 0 Å². The van der Waals surface area contributed by atoms with E-state index in [0.29, 0.717) is 17.1 Å². The van der Waals surface area contributed by atoms with Gasteiger partial charge in [0.05, 0.1) is 5.75 Å². The minimum Gasteiger partial charge on any atom is -0.325 e. The zero-order chi connectivity index (χ0) is 15.2. The van der Waals surface area contributed by atoms with Gasteiger partial charge < -0.3 is 5.32 Å². The number of hydrogen-bond acceptors (Lipinski definition) is 2. The van der Waals surface area contributed by atoms with Gasteiger partial charge in [0, 0.05) is 11.4 Å². The molecule has 0 radical (unpaired) electrons. The molecule has 2 rings (SSSR count). The van der Waals surface area contributed by atoms with Gasteiger partial charge in [-0.05, 0) is 42.7 Å². The number of amides is 1. The lowest BCUT2D eigenvalue weighted by atomic mass is 10.1. The van der Waals surface area contributed by atoms with Gasteiger partial charge in [0.25, 0.3) is 0 Å². The standard InChI is InChI=1S/C17H18FNOS/c1-12-7-8-13(2)16(9-12)19-17(20)11-21-10-14-5-3-4-6-15(14)18/h3-9H,10-11H2,1-2H3,(H,19,20). The van der Waals surface area contributed by atoms with Crippen LogP contribution in [0.2, 0.25) is 0 Å². The Hall–Kier alpha value is -1.81. The van der Waals surface area contributed by atoms with Gasteiger partial charge in [-0.1, -0.05) is 30.3 Å². The second-order valence-corrected chi connectivity index (χ2v) is 5.94. The number of hydrogen-bond donors (Lipinski definition) is 1. The maximum Gasteiger partial charge on any atom is 0.234 e. The van der Waals surface area contributed by atoms with Gasteiger partial charge in [-0.25, -0.2) is 4.39 Å². The molecule has 0 saturated heterocycles. The van der Waals surface area contributed by atoms with E-state index >= 15 is 0 Å². The zero-order valence-electron chi connectivity index (χ0n) is 12.2. The van der Waals surface area contributed by atoms with Crippen molar-refractivity contribution in [3.8, 4) is 0 Å². The third kappa shape index (κ3) is 4.60. The molecule has 0 atom stereocenters. The average molecular weight is 303 g/mol. The third-order valence-electron chi connectivity index (χ3n) is 3.12. The van der Waals surface area contributed by atoms with Crippen molar-refractivity contribution in [3.63, 3.8) is 0 Å². The Morgan fingerprint density at radius 3 is 2.71 bits per heavy atom. The molecule has 0 spiro atoms. The van der Waals surface area contributed by atoms with Gasteiger partial charge >= 0.3 is 0 Å². The highest BCUT2D eigenvalue weighted by Gasteiger charge is 2.07. The molecule has 0 aliphatic heterocycles. The van der Waals surface area contributed by atoms with Crippen LogP contribution in [0.5, 0.6) is 0 Å². The Balaban J connectivity index is 1.85. The number of aryl methyl sites for hydroxylation is 2. The zero-order valence-corrected chi connectivity index (χ0v) is 13.0. The van der Waals surface area contributed by atoms with Crippen LogP contribution in [0.15, 0.2) is 42.5 Å². The number of anilines is 1. The molecule has 0 aliphatic rings. The number of nitrogens with one attached hydrogen (secondary N) is 1. The molecule has 0 bridgehead atoms. The molecule has 1 amide bonds. The first-order chi connectivity index (χ1) is 10.1. The molecule has 0 heterocycles. The summed E-state index contributed by atoms with van der Waals surface area (Å²) in [5.41, 5.74) is 3.61. The molecular formula is C17H18FNOS. The predicted molar refractivity (Wildman–Crippen MR) is 87.1 cm³/mol. The summed E-state index contributed by atoms with van der Waals surface area (Å²) < 4.78 is 13.4. The fourth-order valence-electron chi connectivity index (χ4n) is 1.93. The topological polar surface area (TPSA) is 29.1 Å². The number of carbonyl (C=O) groups excluding carboxylic acids is 1. The quantitative estimate of drug-likeness (QED) is 0.891. The van der Waals surface area contributed by atoms with Crippen LogP contribution in [0.4, 0.5) is 10.1 Å². The highest BCUT2D eigenvalue weighted by Crippen LogP contribution is 2.18. The van der Waals surface area contributed by atoms with Crippen LogP contribution in [-0.4, -0.2) is 11.7 Å². The van der Waals surface area contributed by atoms with Gasteiger partial charge in [-0.15, -0.1) is 11.8 Å². The number of carbonyl (C=O) groups is 1. The number of benzene rings is 2. The van der Waals surface area contributed by atoms with Crippen molar-refractivity contribution in [2.45, 2.75) is 19.6 Å². The maximum absolute atomic E-state index is 13.4.